The molecular weight excluding hydrogens is 351 g/mol. The van der Waals surface area contributed by atoms with Crippen LogP contribution in [0.1, 0.15) is 45.1 Å². The van der Waals surface area contributed by atoms with Crippen LogP contribution in [0.2, 0.25) is 0 Å². The van der Waals surface area contributed by atoms with E-state index in [0.29, 0.717) is 50.8 Å². The molecule has 0 spiro atoms. The summed E-state index contributed by atoms with van der Waals surface area (Å²) < 4.78 is 21.5. The van der Waals surface area contributed by atoms with Gasteiger partial charge < -0.3 is 9.26 Å². The van der Waals surface area contributed by atoms with E-state index in [-0.39, 0.29) is 5.97 Å². The number of carbonyl (C=O) groups is 1. The molecule has 9 heteroatoms. The standard InChI is InChI=1S/C15H25N2O5PS/c1-5-19-15(18)10-8-9-13-16-12(4)11-14(17-13)22-23(24,20-6-2)21-7-3/h11H,5-10H2,1-4H3. The molecule has 0 aliphatic carbocycles. The first kappa shape index (κ1) is 21.0. The largest absolute Gasteiger partial charge is 0.466 e. The molecule has 0 bridgehead atoms. The highest BCUT2D eigenvalue weighted by atomic mass is 32.5. The SMILES string of the molecule is CCOC(=O)CCCc1nc(C)cc(OP(=S)(OCC)OCC)n1. The molecule has 7 nitrogen and oxygen atoms in total. The number of esters is 1. The van der Waals surface area contributed by atoms with Gasteiger partial charge in [-0.25, -0.2) is 4.98 Å². The van der Waals surface area contributed by atoms with E-state index in [0.717, 1.165) is 5.69 Å². The maximum atomic E-state index is 11.4. The molecule has 0 radical (unpaired) electrons. The Morgan fingerprint density at radius 3 is 2.42 bits per heavy atom. The molecule has 24 heavy (non-hydrogen) atoms. The molecule has 136 valence electrons. The first-order chi connectivity index (χ1) is 11.4. The smallest absolute Gasteiger partial charge is 0.381 e. The van der Waals surface area contributed by atoms with Crippen LogP contribution in [-0.4, -0.2) is 35.8 Å². The molecule has 0 amide bonds. The van der Waals surface area contributed by atoms with E-state index in [1.54, 1.807) is 13.0 Å². The highest BCUT2D eigenvalue weighted by molar-refractivity contribution is 8.07. The maximum absolute atomic E-state index is 11.4. The van der Waals surface area contributed by atoms with E-state index in [2.05, 4.69) is 9.97 Å². The lowest BCUT2D eigenvalue weighted by atomic mass is 10.2. The first-order valence-corrected chi connectivity index (χ1v) is 10.6. The van der Waals surface area contributed by atoms with Crippen LogP contribution >= 0.6 is 6.72 Å². The van der Waals surface area contributed by atoms with Gasteiger partial charge in [0.25, 0.3) is 0 Å². The molecule has 0 saturated carbocycles. The number of carbonyl (C=O) groups excluding carboxylic acids is 1. The van der Waals surface area contributed by atoms with Gasteiger partial charge in [0.2, 0.25) is 5.88 Å². The van der Waals surface area contributed by atoms with Crippen LogP contribution in [0.5, 0.6) is 5.88 Å². The average Bonchev–Trinajstić information content (AvgIpc) is 2.47. The van der Waals surface area contributed by atoms with Gasteiger partial charge in [-0.15, -0.1) is 0 Å². The highest BCUT2D eigenvalue weighted by Crippen LogP contribution is 2.49. The van der Waals surface area contributed by atoms with Crippen molar-refractivity contribution in [2.75, 3.05) is 19.8 Å². The van der Waals surface area contributed by atoms with Gasteiger partial charge in [-0.1, -0.05) is 0 Å². The number of aromatic nitrogens is 2. The molecule has 0 unspecified atom stereocenters. The second-order valence-electron chi connectivity index (χ2n) is 4.80. The van der Waals surface area contributed by atoms with Crippen molar-refractivity contribution in [1.29, 1.82) is 0 Å². The second kappa shape index (κ2) is 10.7. The molecule has 0 aliphatic rings. The molecule has 1 rings (SSSR count). The lowest BCUT2D eigenvalue weighted by molar-refractivity contribution is -0.143. The van der Waals surface area contributed by atoms with Crippen LogP contribution in [0.3, 0.4) is 0 Å². The predicted molar refractivity (Wildman–Crippen MR) is 94.5 cm³/mol. The minimum absolute atomic E-state index is 0.218. The van der Waals surface area contributed by atoms with Crippen molar-refractivity contribution in [1.82, 2.24) is 9.97 Å². The summed E-state index contributed by atoms with van der Waals surface area (Å²) >= 11 is 5.34. The Hall–Kier alpha value is -1.08. The summed E-state index contributed by atoms with van der Waals surface area (Å²) in [4.78, 5) is 20.1. The van der Waals surface area contributed by atoms with E-state index < -0.39 is 6.72 Å². The Bertz CT molecular complexity index is 575. The van der Waals surface area contributed by atoms with Crippen LogP contribution in [0, 0.1) is 6.92 Å². The summed E-state index contributed by atoms with van der Waals surface area (Å²) in [5.74, 6) is 0.701. The number of ether oxygens (including phenoxy) is 1. The minimum atomic E-state index is -2.86. The molecule has 0 aromatic carbocycles. The fourth-order valence-electron chi connectivity index (χ4n) is 1.90. The van der Waals surface area contributed by atoms with Crippen molar-refractivity contribution >= 4 is 24.5 Å². The van der Waals surface area contributed by atoms with Crippen molar-refractivity contribution in [2.45, 2.75) is 47.0 Å². The summed E-state index contributed by atoms with van der Waals surface area (Å²) in [6.45, 7) is 5.60. The van der Waals surface area contributed by atoms with Gasteiger partial charge in [-0.2, -0.15) is 4.98 Å². The fourth-order valence-corrected chi connectivity index (χ4v) is 3.90. The molecule has 1 aromatic heterocycles. The van der Waals surface area contributed by atoms with Crippen LogP contribution in [0.15, 0.2) is 6.07 Å². The third kappa shape index (κ3) is 7.66. The topological polar surface area (TPSA) is 79.8 Å². The Kier molecular flexibility index (Phi) is 9.36. The number of nitrogens with zero attached hydrogens (tertiary/aromatic N) is 2. The van der Waals surface area contributed by atoms with Gasteiger partial charge in [-0.05, 0) is 34.1 Å². The third-order valence-corrected chi connectivity index (χ3v) is 5.16. The van der Waals surface area contributed by atoms with Gasteiger partial charge in [-0.3, -0.25) is 13.8 Å². The van der Waals surface area contributed by atoms with E-state index >= 15 is 0 Å². The maximum Gasteiger partial charge on any atom is 0.381 e. The Labute approximate surface area is 148 Å². The van der Waals surface area contributed by atoms with Crippen LogP contribution in [0.25, 0.3) is 0 Å². The molecule has 0 saturated heterocycles. The molecule has 0 aliphatic heterocycles. The normalized spacial score (nSPS) is 11.3. The zero-order valence-corrected chi connectivity index (χ0v) is 16.3. The van der Waals surface area contributed by atoms with E-state index in [1.807, 2.05) is 20.8 Å². The Balaban J connectivity index is 2.74. The monoisotopic (exact) mass is 376 g/mol. The number of hydrogen-bond acceptors (Lipinski definition) is 8. The number of hydrogen-bond donors (Lipinski definition) is 0. The van der Waals surface area contributed by atoms with Crippen LogP contribution < -0.4 is 4.52 Å². The predicted octanol–water partition coefficient (Wildman–Crippen LogP) is 3.35. The molecule has 0 atom stereocenters. The quantitative estimate of drug-likeness (QED) is 0.430. The van der Waals surface area contributed by atoms with Crippen LogP contribution in [-0.2, 0) is 36.8 Å². The van der Waals surface area contributed by atoms with E-state index in [9.17, 15) is 4.79 Å². The zero-order valence-electron chi connectivity index (χ0n) is 14.6. The Morgan fingerprint density at radius 1 is 1.17 bits per heavy atom. The van der Waals surface area contributed by atoms with Gasteiger partial charge in [0.15, 0.2) is 0 Å². The lowest BCUT2D eigenvalue weighted by Gasteiger charge is -2.20. The molecular formula is C15H25N2O5PS. The summed E-state index contributed by atoms with van der Waals surface area (Å²) in [5.41, 5.74) is 0.751. The average molecular weight is 376 g/mol. The molecule has 1 heterocycles. The first-order valence-electron chi connectivity index (χ1n) is 8.01. The second-order valence-corrected chi connectivity index (χ2v) is 7.73. The molecule has 0 fully saturated rings. The number of rotatable bonds is 11. The van der Waals surface area contributed by atoms with Gasteiger partial charge in [0.1, 0.15) is 5.82 Å². The van der Waals surface area contributed by atoms with Crippen molar-refractivity contribution < 1.29 is 23.1 Å². The van der Waals surface area contributed by atoms with E-state index in [1.165, 1.54) is 0 Å². The fraction of sp³-hybridized carbons (Fsp3) is 0.667. The minimum Gasteiger partial charge on any atom is -0.466 e. The third-order valence-electron chi connectivity index (χ3n) is 2.74. The Morgan fingerprint density at radius 2 is 1.83 bits per heavy atom. The summed E-state index contributed by atoms with van der Waals surface area (Å²) in [6.07, 6.45) is 1.48. The summed E-state index contributed by atoms with van der Waals surface area (Å²) in [7, 11) is 0. The molecule has 0 N–H and O–H groups in total. The lowest BCUT2D eigenvalue weighted by Crippen LogP contribution is -2.07. The van der Waals surface area contributed by atoms with Gasteiger partial charge in [0.05, 0.1) is 19.8 Å². The van der Waals surface area contributed by atoms with Crippen molar-refractivity contribution in [2.24, 2.45) is 0 Å². The van der Waals surface area contributed by atoms with Crippen LogP contribution in [0.4, 0.5) is 0 Å². The van der Waals surface area contributed by atoms with E-state index in [4.69, 9.17) is 30.1 Å². The van der Waals surface area contributed by atoms with Crippen molar-refractivity contribution in [3.8, 4) is 5.88 Å². The number of aryl methyl sites for hydroxylation is 2. The van der Waals surface area contributed by atoms with Crippen molar-refractivity contribution in [3.63, 3.8) is 0 Å². The molecule has 1 aromatic rings. The van der Waals surface area contributed by atoms with Crippen molar-refractivity contribution in [3.05, 3.63) is 17.6 Å². The highest BCUT2D eigenvalue weighted by Gasteiger charge is 2.22. The zero-order chi connectivity index (χ0) is 18.0. The van der Waals surface area contributed by atoms with Gasteiger partial charge in [0, 0.05) is 36.4 Å². The summed E-state index contributed by atoms with van der Waals surface area (Å²) in [5, 5.41) is 0. The van der Waals surface area contributed by atoms with Gasteiger partial charge >= 0.3 is 12.7 Å². The summed E-state index contributed by atoms with van der Waals surface area (Å²) in [6, 6.07) is 1.69.